The maximum Gasteiger partial charge on any atom is 0.317 e. The van der Waals surface area contributed by atoms with Crippen molar-refractivity contribution in [2.75, 3.05) is 40.4 Å². The van der Waals surface area contributed by atoms with Gasteiger partial charge in [0, 0.05) is 32.9 Å². The zero-order chi connectivity index (χ0) is 18.2. The number of aromatic nitrogens is 1. The lowest BCUT2D eigenvalue weighted by Gasteiger charge is -2.35. The van der Waals surface area contributed by atoms with Gasteiger partial charge in [-0.2, -0.15) is 0 Å². The van der Waals surface area contributed by atoms with E-state index in [4.69, 9.17) is 4.74 Å². The number of urea groups is 1. The molecule has 1 aliphatic heterocycles. The fourth-order valence-corrected chi connectivity index (χ4v) is 3.30. The summed E-state index contributed by atoms with van der Waals surface area (Å²) in [5, 5.41) is 3.09. The van der Waals surface area contributed by atoms with E-state index in [-0.39, 0.29) is 12.1 Å². The molecule has 140 valence electrons. The third-order valence-electron chi connectivity index (χ3n) is 5.06. The van der Waals surface area contributed by atoms with Gasteiger partial charge in [-0.25, -0.2) is 4.79 Å². The zero-order valence-electron chi connectivity index (χ0n) is 15.9. The largest absolute Gasteiger partial charge is 0.382 e. The molecule has 2 amide bonds. The molecule has 0 bridgehead atoms. The smallest absolute Gasteiger partial charge is 0.317 e. The highest BCUT2D eigenvalue weighted by Crippen LogP contribution is 2.20. The average molecular weight is 348 g/mol. The molecule has 1 saturated heterocycles. The van der Waals surface area contributed by atoms with Crippen LogP contribution in [0.4, 0.5) is 4.79 Å². The highest BCUT2D eigenvalue weighted by atomic mass is 16.5. The molecule has 2 rings (SSSR count). The Morgan fingerprint density at radius 1 is 1.40 bits per heavy atom. The summed E-state index contributed by atoms with van der Waals surface area (Å²) >= 11 is 0. The molecule has 0 radical (unpaired) electrons. The number of rotatable bonds is 7. The molecule has 6 heteroatoms. The topological polar surface area (TPSA) is 57.7 Å². The van der Waals surface area contributed by atoms with Crippen molar-refractivity contribution in [2.24, 2.45) is 5.92 Å². The fraction of sp³-hybridized carbons (Fsp3) is 0.684. The van der Waals surface area contributed by atoms with E-state index < -0.39 is 0 Å². The predicted octanol–water partition coefficient (Wildman–Crippen LogP) is 2.53. The van der Waals surface area contributed by atoms with Crippen molar-refractivity contribution in [1.82, 2.24) is 20.1 Å². The Morgan fingerprint density at radius 3 is 2.68 bits per heavy atom. The summed E-state index contributed by atoms with van der Waals surface area (Å²) in [5.74, 6) is 0.558. The van der Waals surface area contributed by atoms with E-state index in [1.165, 1.54) is 0 Å². The number of pyridine rings is 1. The van der Waals surface area contributed by atoms with Gasteiger partial charge in [0.25, 0.3) is 0 Å². The fourth-order valence-electron chi connectivity index (χ4n) is 3.30. The van der Waals surface area contributed by atoms with Crippen molar-refractivity contribution in [3.05, 3.63) is 30.1 Å². The summed E-state index contributed by atoms with van der Waals surface area (Å²) in [6.45, 7) is 7.88. The first-order valence-corrected chi connectivity index (χ1v) is 9.17. The summed E-state index contributed by atoms with van der Waals surface area (Å²) in [7, 11) is 3.44. The van der Waals surface area contributed by atoms with Gasteiger partial charge in [0.1, 0.15) is 0 Å². The number of nitrogens with one attached hydrogen (secondary N) is 1. The first kappa shape index (κ1) is 19.7. The van der Waals surface area contributed by atoms with E-state index >= 15 is 0 Å². The number of likely N-dealkylation sites (N-methyl/N-ethyl adjacent to an activating group) is 1. The number of hydrogen-bond donors (Lipinski definition) is 1. The van der Waals surface area contributed by atoms with Crippen molar-refractivity contribution in [1.29, 1.82) is 0 Å². The maximum atomic E-state index is 12.6. The molecule has 0 spiro atoms. The molecule has 25 heavy (non-hydrogen) atoms. The van der Waals surface area contributed by atoms with Crippen molar-refractivity contribution >= 4 is 6.03 Å². The minimum absolute atomic E-state index is 0.0704. The molecule has 1 aliphatic rings. The van der Waals surface area contributed by atoms with Crippen LogP contribution in [0, 0.1) is 5.92 Å². The van der Waals surface area contributed by atoms with Crippen LogP contribution in [-0.2, 0) is 4.74 Å². The van der Waals surface area contributed by atoms with Gasteiger partial charge in [0.05, 0.1) is 18.3 Å². The normalized spacial score (nSPS) is 17.5. The van der Waals surface area contributed by atoms with Crippen LogP contribution >= 0.6 is 0 Å². The van der Waals surface area contributed by atoms with Crippen LogP contribution in [0.2, 0.25) is 0 Å². The number of methoxy groups -OCH3 is 1. The number of hydrogen-bond acceptors (Lipinski definition) is 4. The van der Waals surface area contributed by atoms with Crippen LogP contribution in [-0.4, -0.2) is 67.3 Å². The van der Waals surface area contributed by atoms with Crippen LogP contribution in [0.3, 0.4) is 0 Å². The summed E-state index contributed by atoms with van der Waals surface area (Å²) < 4.78 is 5.29. The lowest BCUT2D eigenvalue weighted by molar-refractivity contribution is 0.111. The zero-order valence-corrected chi connectivity index (χ0v) is 15.9. The van der Waals surface area contributed by atoms with Crippen LogP contribution < -0.4 is 5.32 Å². The Hall–Kier alpha value is -1.66. The monoisotopic (exact) mass is 348 g/mol. The summed E-state index contributed by atoms with van der Waals surface area (Å²) in [5.41, 5.74) is 0.840. The number of carbonyl (C=O) groups is 1. The van der Waals surface area contributed by atoms with Gasteiger partial charge < -0.3 is 19.9 Å². The van der Waals surface area contributed by atoms with E-state index in [2.05, 4.69) is 29.0 Å². The second-order valence-corrected chi connectivity index (χ2v) is 7.10. The summed E-state index contributed by atoms with van der Waals surface area (Å²) in [4.78, 5) is 21.1. The Labute approximate surface area is 151 Å². The van der Waals surface area contributed by atoms with Gasteiger partial charge in [-0.3, -0.25) is 4.98 Å². The van der Waals surface area contributed by atoms with Gasteiger partial charge in [-0.15, -0.1) is 0 Å². The van der Waals surface area contributed by atoms with Gasteiger partial charge >= 0.3 is 6.03 Å². The molecule has 1 atom stereocenters. The summed E-state index contributed by atoms with van der Waals surface area (Å²) in [6.07, 6.45) is 4.03. The molecule has 1 fully saturated rings. The molecule has 1 N–H and O–H groups in total. The quantitative estimate of drug-likeness (QED) is 0.823. The second kappa shape index (κ2) is 9.73. The molecule has 0 aromatic carbocycles. The molecule has 1 aromatic heterocycles. The molecule has 0 saturated carbocycles. The molecule has 1 aromatic rings. The van der Waals surface area contributed by atoms with E-state index in [1.54, 1.807) is 25.3 Å². The van der Waals surface area contributed by atoms with E-state index in [0.29, 0.717) is 18.6 Å². The van der Waals surface area contributed by atoms with E-state index in [9.17, 15) is 4.79 Å². The van der Waals surface area contributed by atoms with Crippen LogP contribution in [0.5, 0.6) is 0 Å². The lowest BCUT2D eigenvalue weighted by Crippen LogP contribution is -2.45. The highest BCUT2D eigenvalue weighted by molar-refractivity contribution is 5.74. The van der Waals surface area contributed by atoms with Crippen molar-refractivity contribution in [2.45, 2.75) is 38.8 Å². The highest BCUT2D eigenvalue weighted by Gasteiger charge is 2.25. The third kappa shape index (κ3) is 5.68. The first-order valence-electron chi connectivity index (χ1n) is 9.17. The van der Waals surface area contributed by atoms with Gasteiger partial charge in [0.15, 0.2) is 0 Å². The van der Waals surface area contributed by atoms with Crippen LogP contribution in [0.25, 0.3) is 0 Å². The maximum absolute atomic E-state index is 12.6. The van der Waals surface area contributed by atoms with Gasteiger partial charge in [-0.05, 0) is 57.8 Å². The Balaban J connectivity index is 1.84. The van der Waals surface area contributed by atoms with E-state index in [1.807, 2.05) is 18.2 Å². The number of ether oxygens (including phenoxy) is 1. The SMILES string of the molecule is COC[C@H](c1ccccn1)N(C)C(=O)NCC1CCN(C(C)C)CC1. The van der Waals surface area contributed by atoms with Crippen molar-refractivity contribution in [3.8, 4) is 0 Å². The van der Waals surface area contributed by atoms with E-state index in [0.717, 1.165) is 38.2 Å². The second-order valence-electron chi connectivity index (χ2n) is 7.10. The molecular weight excluding hydrogens is 316 g/mol. The van der Waals surface area contributed by atoms with Crippen LogP contribution in [0.15, 0.2) is 24.4 Å². The molecule has 0 aliphatic carbocycles. The number of carbonyl (C=O) groups excluding carboxylic acids is 1. The van der Waals surface area contributed by atoms with Crippen LogP contribution in [0.1, 0.15) is 38.4 Å². The van der Waals surface area contributed by atoms with Crippen molar-refractivity contribution in [3.63, 3.8) is 0 Å². The average Bonchev–Trinajstić information content (AvgIpc) is 2.64. The Bertz CT molecular complexity index is 515. The number of likely N-dealkylation sites (tertiary alicyclic amines) is 1. The molecular formula is C19H32N4O2. The molecule has 6 nitrogen and oxygen atoms in total. The number of piperidine rings is 1. The lowest BCUT2D eigenvalue weighted by atomic mass is 9.96. The summed E-state index contributed by atoms with van der Waals surface area (Å²) in [6, 6.07) is 6.08. The molecule has 2 heterocycles. The van der Waals surface area contributed by atoms with Crippen molar-refractivity contribution < 1.29 is 9.53 Å². The first-order chi connectivity index (χ1) is 12.0. The van der Waals surface area contributed by atoms with Gasteiger partial charge in [-0.1, -0.05) is 6.07 Å². The predicted molar refractivity (Wildman–Crippen MR) is 99.4 cm³/mol. The Kier molecular flexibility index (Phi) is 7.65. The minimum Gasteiger partial charge on any atom is -0.382 e. The Morgan fingerprint density at radius 2 is 2.12 bits per heavy atom. The standard InChI is InChI=1S/C19H32N4O2/c1-15(2)23-11-8-16(9-12-23)13-21-19(24)22(3)18(14-25-4)17-7-5-6-10-20-17/h5-7,10,15-16,18H,8-9,11-14H2,1-4H3,(H,21,24)/t18-/m1/s1. The number of nitrogens with zero attached hydrogens (tertiary/aromatic N) is 3. The van der Waals surface area contributed by atoms with Gasteiger partial charge in [0.2, 0.25) is 0 Å². The minimum atomic E-state index is -0.186. The third-order valence-corrected chi connectivity index (χ3v) is 5.06. The number of amides is 2. The molecule has 0 unspecified atom stereocenters.